The van der Waals surface area contributed by atoms with Gasteiger partial charge in [-0.2, -0.15) is 0 Å². The van der Waals surface area contributed by atoms with Crippen molar-refractivity contribution in [1.29, 1.82) is 0 Å². The maximum Gasteiger partial charge on any atom is 0.338 e. The van der Waals surface area contributed by atoms with Crippen LogP contribution < -0.4 is 10.1 Å². The molecule has 0 aliphatic carbocycles. The van der Waals surface area contributed by atoms with Crippen molar-refractivity contribution < 1.29 is 32.6 Å². The number of aryl methyl sites for hydroxylation is 1. The fourth-order valence-electron chi connectivity index (χ4n) is 3.07. The zero-order valence-corrected chi connectivity index (χ0v) is 16.1. The molecule has 0 saturated carbocycles. The maximum absolute atomic E-state index is 13.8. The normalized spacial score (nSPS) is 12.6. The number of benzene rings is 2. The van der Waals surface area contributed by atoms with Crippen LogP contribution in [-0.4, -0.2) is 18.7 Å². The van der Waals surface area contributed by atoms with Crippen LogP contribution in [0.2, 0.25) is 0 Å². The molecule has 1 aliphatic heterocycles. The predicted octanol–water partition coefficient (Wildman–Crippen LogP) is 4.20. The van der Waals surface area contributed by atoms with E-state index in [1.165, 1.54) is 30.5 Å². The number of hydrogen-bond acceptors (Lipinski definition) is 6. The molecule has 1 amide bonds. The van der Waals surface area contributed by atoms with Crippen LogP contribution in [0, 0.1) is 12.7 Å². The number of amides is 1. The molecule has 0 atom stereocenters. The topological polar surface area (TPSA) is 87.0 Å². The minimum atomic E-state index is -0.617. The van der Waals surface area contributed by atoms with Gasteiger partial charge in [0.25, 0.3) is 5.91 Å². The summed E-state index contributed by atoms with van der Waals surface area (Å²) in [6.07, 6.45) is 1.40. The third kappa shape index (κ3) is 4.18. The molecule has 0 saturated heterocycles. The van der Waals surface area contributed by atoms with Crippen molar-refractivity contribution in [3.63, 3.8) is 0 Å². The molecule has 1 N–H and O–H groups in total. The highest BCUT2D eigenvalue weighted by molar-refractivity contribution is 6.03. The molecule has 2 aromatic carbocycles. The highest BCUT2D eigenvalue weighted by Crippen LogP contribution is 2.30. The van der Waals surface area contributed by atoms with E-state index >= 15 is 0 Å². The second kappa shape index (κ2) is 8.38. The lowest BCUT2D eigenvalue weighted by molar-refractivity contribution is -0.0183. The number of carbonyl (C=O) groups excluding carboxylic acids is 2. The van der Waals surface area contributed by atoms with Gasteiger partial charge in [0.2, 0.25) is 0 Å². The van der Waals surface area contributed by atoms with Crippen LogP contribution in [0.25, 0.3) is 0 Å². The molecule has 7 nitrogen and oxygen atoms in total. The molecular weight excluding hydrogens is 393 g/mol. The molecule has 3 aromatic rings. The molecule has 1 aromatic heterocycles. The van der Waals surface area contributed by atoms with Gasteiger partial charge in [0.05, 0.1) is 18.4 Å². The molecule has 30 heavy (non-hydrogen) atoms. The Labute approximate surface area is 171 Å². The van der Waals surface area contributed by atoms with E-state index in [1.54, 1.807) is 25.1 Å². The van der Waals surface area contributed by atoms with Crippen LogP contribution >= 0.6 is 0 Å². The molecule has 2 heterocycles. The first-order valence-corrected chi connectivity index (χ1v) is 9.16. The Morgan fingerprint density at radius 3 is 2.87 bits per heavy atom. The van der Waals surface area contributed by atoms with E-state index in [4.69, 9.17) is 18.6 Å². The monoisotopic (exact) mass is 411 g/mol. The van der Waals surface area contributed by atoms with Crippen molar-refractivity contribution >= 4 is 17.6 Å². The van der Waals surface area contributed by atoms with Gasteiger partial charge in [0, 0.05) is 16.8 Å². The van der Waals surface area contributed by atoms with Crippen LogP contribution in [0.4, 0.5) is 10.1 Å². The minimum Gasteiger partial charge on any atom is -0.467 e. The Bertz CT molecular complexity index is 1090. The summed E-state index contributed by atoms with van der Waals surface area (Å²) in [5.41, 5.74) is 2.43. The zero-order valence-electron chi connectivity index (χ0n) is 16.1. The summed E-state index contributed by atoms with van der Waals surface area (Å²) < 4.78 is 34.8. The lowest BCUT2D eigenvalue weighted by Crippen LogP contribution is -2.15. The SMILES string of the molecule is Cc1ccc(C(=O)OCc2cc(F)cc3c2OCOC3)cc1NC(=O)c1ccco1. The molecule has 8 heteroatoms. The Hall–Kier alpha value is -3.65. The van der Waals surface area contributed by atoms with Gasteiger partial charge >= 0.3 is 5.97 Å². The van der Waals surface area contributed by atoms with Crippen LogP contribution in [0.15, 0.2) is 53.1 Å². The quantitative estimate of drug-likeness (QED) is 0.633. The Balaban J connectivity index is 1.48. The second-order valence-electron chi connectivity index (χ2n) is 6.70. The van der Waals surface area contributed by atoms with Gasteiger partial charge in [0.1, 0.15) is 18.2 Å². The molecule has 0 fully saturated rings. The maximum atomic E-state index is 13.8. The van der Waals surface area contributed by atoms with Gasteiger partial charge in [-0.3, -0.25) is 4.79 Å². The minimum absolute atomic E-state index is 0.0519. The molecule has 1 aliphatic rings. The van der Waals surface area contributed by atoms with E-state index in [1.807, 2.05) is 0 Å². The fraction of sp³-hybridized carbons (Fsp3) is 0.182. The fourth-order valence-corrected chi connectivity index (χ4v) is 3.07. The number of furan rings is 1. The Kier molecular flexibility index (Phi) is 5.49. The summed E-state index contributed by atoms with van der Waals surface area (Å²) in [6.45, 7) is 1.91. The summed E-state index contributed by atoms with van der Waals surface area (Å²) in [7, 11) is 0. The first kappa shape index (κ1) is 19.7. The van der Waals surface area contributed by atoms with Crippen molar-refractivity contribution in [3.8, 4) is 5.75 Å². The van der Waals surface area contributed by atoms with Crippen molar-refractivity contribution in [2.75, 3.05) is 12.1 Å². The van der Waals surface area contributed by atoms with Gasteiger partial charge < -0.3 is 23.9 Å². The number of nitrogens with one attached hydrogen (secondary N) is 1. The van der Waals surface area contributed by atoms with E-state index < -0.39 is 17.7 Å². The smallest absolute Gasteiger partial charge is 0.338 e. The van der Waals surface area contributed by atoms with Crippen LogP contribution in [0.5, 0.6) is 5.75 Å². The Morgan fingerprint density at radius 2 is 2.07 bits per heavy atom. The van der Waals surface area contributed by atoms with E-state index in [0.717, 1.165) is 5.56 Å². The standard InChI is InChI=1S/C22H18FNO6/c1-13-4-5-14(9-18(13)24-21(25)19-3-2-6-28-19)22(26)29-11-16-8-17(23)7-15-10-27-12-30-20(15)16/h2-9H,10-12H2,1H3,(H,24,25). The van der Waals surface area contributed by atoms with E-state index in [0.29, 0.717) is 22.6 Å². The summed E-state index contributed by atoms with van der Waals surface area (Å²) in [4.78, 5) is 24.7. The summed E-state index contributed by atoms with van der Waals surface area (Å²) in [5.74, 6) is -0.895. The van der Waals surface area contributed by atoms with Crippen LogP contribution in [-0.2, 0) is 22.7 Å². The molecule has 4 rings (SSSR count). The van der Waals surface area contributed by atoms with Crippen LogP contribution in [0.1, 0.15) is 37.6 Å². The Morgan fingerprint density at radius 1 is 1.20 bits per heavy atom. The summed E-state index contributed by atoms with van der Waals surface area (Å²) >= 11 is 0. The average Bonchev–Trinajstić information content (AvgIpc) is 3.28. The van der Waals surface area contributed by atoms with Gasteiger partial charge in [-0.25, -0.2) is 9.18 Å². The van der Waals surface area contributed by atoms with Gasteiger partial charge in [-0.1, -0.05) is 6.07 Å². The molecule has 0 bridgehead atoms. The number of fused-ring (bicyclic) bond motifs is 1. The van der Waals surface area contributed by atoms with E-state index in [9.17, 15) is 14.0 Å². The van der Waals surface area contributed by atoms with Crippen molar-refractivity contribution in [1.82, 2.24) is 0 Å². The molecule has 0 radical (unpaired) electrons. The zero-order chi connectivity index (χ0) is 21.1. The third-order valence-corrected chi connectivity index (χ3v) is 4.58. The van der Waals surface area contributed by atoms with Gasteiger partial charge in [-0.15, -0.1) is 0 Å². The highest BCUT2D eigenvalue weighted by atomic mass is 19.1. The molecule has 0 spiro atoms. The molecular formula is C22H18FNO6. The van der Waals surface area contributed by atoms with E-state index in [-0.39, 0.29) is 31.3 Å². The number of hydrogen-bond donors (Lipinski definition) is 1. The summed E-state index contributed by atoms with van der Waals surface area (Å²) in [6, 6.07) is 10.5. The van der Waals surface area contributed by atoms with Crippen molar-refractivity contribution in [2.24, 2.45) is 0 Å². The van der Waals surface area contributed by atoms with Crippen molar-refractivity contribution in [2.45, 2.75) is 20.1 Å². The predicted molar refractivity (Wildman–Crippen MR) is 104 cm³/mol. The number of halogens is 1. The van der Waals surface area contributed by atoms with Crippen LogP contribution in [0.3, 0.4) is 0 Å². The first-order valence-electron chi connectivity index (χ1n) is 9.16. The van der Waals surface area contributed by atoms with Gasteiger partial charge in [-0.05, 0) is 48.9 Å². The molecule has 154 valence electrons. The number of anilines is 1. The van der Waals surface area contributed by atoms with E-state index in [2.05, 4.69) is 5.32 Å². The first-order chi connectivity index (χ1) is 14.5. The summed E-state index contributed by atoms with van der Waals surface area (Å²) in [5, 5.41) is 2.71. The lowest BCUT2D eigenvalue weighted by atomic mass is 10.1. The van der Waals surface area contributed by atoms with Crippen molar-refractivity contribution in [3.05, 3.63) is 82.6 Å². The number of rotatable bonds is 5. The van der Waals surface area contributed by atoms with Gasteiger partial charge in [0.15, 0.2) is 12.6 Å². The highest BCUT2D eigenvalue weighted by Gasteiger charge is 2.19. The largest absolute Gasteiger partial charge is 0.467 e. The third-order valence-electron chi connectivity index (χ3n) is 4.58. The second-order valence-corrected chi connectivity index (χ2v) is 6.70. The molecule has 0 unspecified atom stereocenters. The average molecular weight is 411 g/mol. The number of carbonyl (C=O) groups is 2. The number of esters is 1. The lowest BCUT2D eigenvalue weighted by Gasteiger charge is -2.20. The number of ether oxygens (including phenoxy) is 3.